The van der Waals surface area contributed by atoms with E-state index in [-0.39, 0.29) is 25.7 Å². The van der Waals surface area contributed by atoms with Gasteiger partial charge < -0.3 is 33.8 Å². The maximum atomic E-state index is 13.1. The Kier molecular flexibility index (Phi) is 67.8. The number of carbonyl (C=O) groups is 4. The Morgan fingerprint density at radius 1 is 0.283 bits per heavy atom. The number of hydrogen-bond acceptors (Lipinski definition) is 15. The maximum absolute atomic E-state index is 13.1. The van der Waals surface area contributed by atoms with Crippen LogP contribution in [0.4, 0.5) is 0 Å². The Hall–Kier alpha value is -1.94. The summed E-state index contributed by atoms with van der Waals surface area (Å²) < 4.78 is 68.6. The molecule has 0 saturated carbocycles. The highest BCUT2D eigenvalue weighted by Crippen LogP contribution is 2.45. The molecule has 588 valence electrons. The molecule has 0 aliphatic carbocycles. The average Bonchev–Trinajstić information content (AvgIpc) is 0.980. The van der Waals surface area contributed by atoms with E-state index in [9.17, 15) is 43.2 Å². The third kappa shape index (κ3) is 71.5. The molecule has 0 amide bonds. The van der Waals surface area contributed by atoms with Crippen LogP contribution in [0.5, 0.6) is 0 Å². The van der Waals surface area contributed by atoms with E-state index in [1.807, 2.05) is 0 Å². The molecule has 0 spiro atoms. The van der Waals surface area contributed by atoms with Crippen molar-refractivity contribution in [3.63, 3.8) is 0 Å². The SMILES string of the molecule is CCC(C)CCCCCCCCCCCCCCCCC(=O)OC[C@H](COP(=O)(O)OC[C@@H](O)COP(=O)(O)OC[C@@H](COC(=O)CCCCCCCCC(C)C)OC(=O)CCCCCCCCCCCCCC(C)C)OC(=O)CCCCCCCCCCCCCCCCC(C)CC. The lowest BCUT2D eigenvalue weighted by atomic mass is 9.99. The number of carbonyl (C=O) groups excluding carboxylic acids is 4. The first-order valence-corrected chi connectivity index (χ1v) is 44.3. The molecule has 7 atom stereocenters. The molecular weight excluding hydrogens is 1290 g/mol. The van der Waals surface area contributed by atoms with Crippen molar-refractivity contribution in [3.05, 3.63) is 0 Å². The lowest BCUT2D eigenvalue weighted by Crippen LogP contribution is -2.30. The first-order chi connectivity index (χ1) is 47.7. The molecule has 3 N–H and O–H groups in total. The minimum atomic E-state index is -4.96. The minimum Gasteiger partial charge on any atom is -0.462 e. The maximum Gasteiger partial charge on any atom is 0.472 e. The largest absolute Gasteiger partial charge is 0.472 e. The summed E-state index contributed by atoms with van der Waals surface area (Å²) >= 11 is 0. The molecule has 0 bridgehead atoms. The van der Waals surface area contributed by atoms with Gasteiger partial charge in [0, 0.05) is 25.7 Å². The number of aliphatic hydroxyl groups excluding tert-OH is 1. The van der Waals surface area contributed by atoms with Crippen molar-refractivity contribution in [3.8, 4) is 0 Å². The van der Waals surface area contributed by atoms with Crippen molar-refractivity contribution in [1.29, 1.82) is 0 Å². The molecule has 0 aromatic carbocycles. The van der Waals surface area contributed by atoms with Crippen LogP contribution in [-0.2, 0) is 65.4 Å². The van der Waals surface area contributed by atoms with Crippen LogP contribution in [0, 0.1) is 23.7 Å². The highest BCUT2D eigenvalue weighted by Gasteiger charge is 2.30. The lowest BCUT2D eigenvalue weighted by molar-refractivity contribution is -0.161. The van der Waals surface area contributed by atoms with E-state index in [0.29, 0.717) is 31.6 Å². The van der Waals surface area contributed by atoms with Crippen LogP contribution < -0.4 is 0 Å². The summed E-state index contributed by atoms with van der Waals surface area (Å²) in [6.07, 6.45) is 55.5. The summed E-state index contributed by atoms with van der Waals surface area (Å²) in [5, 5.41) is 10.6. The normalized spacial score (nSPS) is 14.6. The van der Waals surface area contributed by atoms with Gasteiger partial charge in [-0.25, -0.2) is 9.13 Å². The van der Waals surface area contributed by atoms with E-state index in [4.69, 9.17) is 37.0 Å². The topological polar surface area (TPSA) is 237 Å². The van der Waals surface area contributed by atoms with Gasteiger partial charge in [-0.1, -0.05) is 357 Å². The summed E-state index contributed by atoms with van der Waals surface area (Å²) in [5.74, 6) is 1.02. The molecule has 19 heteroatoms. The molecule has 4 unspecified atom stereocenters. The number of ether oxygens (including phenoxy) is 4. The van der Waals surface area contributed by atoms with Gasteiger partial charge in [0.2, 0.25) is 0 Å². The van der Waals surface area contributed by atoms with Gasteiger partial charge in [-0.05, 0) is 49.4 Å². The second kappa shape index (κ2) is 69.1. The second-order valence-corrected chi connectivity index (χ2v) is 33.1. The van der Waals surface area contributed by atoms with Crippen LogP contribution in [0.25, 0.3) is 0 Å². The molecule has 0 heterocycles. The smallest absolute Gasteiger partial charge is 0.462 e. The highest BCUT2D eigenvalue weighted by atomic mass is 31.2. The van der Waals surface area contributed by atoms with Crippen LogP contribution >= 0.6 is 15.6 Å². The Morgan fingerprint density at radius 3 is 0.717 bits per heavy atom. The van der Waals surface area contributed by atoms with Crippen LogP contribution in [0.15, 0.2) is 0 Å². The fraction of sp³-hybridized carbons (Fsp3) is 0.950. The van der Waals surface area contributed by atoms with Crippen molar-refractivity contribution < 1.29 is 80.2 Å². The monoisotopic (exact) mass is 1450 g/mol. The van der Waals surface area contributed by atoms with Gasteiger partial charge in [0.25, 0.3) is 0 Å². The molecule has 99 heavy (non-hydrogen) atoms. The van der Waals surface area contributed by atoms with Crippen LogP contribution in [0.3, 0.4) is 0 Å². The summed E-state index contributed by atoms with van der Waals surface area (Å²) in [5.41, 5.74) is 0. The third-order valence-corrected chi connectivity index (χ3v) is 21.2. The van der Waals surface area contributed by atoms with Crippen LogP contribution in [0.1, 0.15) is 409 Å². The van der Waals surface area contributed by atoms with Gasteiger partial charge in [0.05, 0.1) is 26.4 Å². The fourth-order valence-electron chi connectivity index (χ4n) is 12.2. The number of aliphatic hydroxyl groups is 1. The summed E-state index contributed by atoms with van der Waals surface area (Å²) in [6, 6.07) is 0. The standard InChI is InChI=1S/C80H156O17P2/c1-9-72(7)58-50-42-33-27-21-15-11-13-17-23-29-35-44-52-60-77(82)90-66-75(96-79(84)62-54-46-36-30-24-18-14-12-16-22-28-34-43-51-59-73(8)10-2)68-94-98(86,87)92-64-74(81)65-93-99(88,89)95-69-76(67-91-78(83)61-53-45-39-38-41-49-57-71(5)6)97-80(85)63-55-47-37-31-25-19-20-26-32-40-48-56-70(3)4/h70-76,81H,9-69H2,1-8H3,(H,86,87)(H,88,89)/t72?,73?,74-,75-,76-/m1/s1. The van der Waals surface area contributed by atoms with Gasteiger partial charge in [-0.3, -0.25) is 37.3 Å². The molecule has 0 rings (SSSR count). The Bertz CT molecular complexity index is 1940. The zero-order chi connectivity index (χ0) is 73.1. The molecule has 0 aliphatic heterocycles. The van der Waals surface area contributed by atoms with Gasteiger partial charge in [-0.2, -0.15) is 0 Å². The van der Waals surface area contributed by atoms with Gasteiger partial charge in [0.15, 0.2) is 12.2 Å². The number of phosphoric acid groups is 2. The Balaban J connectivity index is 5.24. The summed E-state index contributed by atoms with van der Waals surface area (Å²) in [7, 11) is -9.92. The zero-order valence-corrected chi connectivity index (χ0v) is 66.9. The molecular formula is C80H156O17P2. The Morgan fingerprint density at radius 2 is 0.485 bits per heavy atom. The van der Waals surface area contributed by atoms with Crippen molar-refractivity contribution in [1.82, 2.24) is 0 Å². The number of esters is 4. The average molecular weight is 1450 g/mol. The number of phosphoric ester groups is 2. The first-order valence-electron chi connectivity index (χ1n) is 41.3. The fourth-order valence-corrected chi connectivity index (χ4v) is 13.8. The van der Waals surface area contributed by atoms with Crippen molar-refractivity contribution in [2.24, 2.45) is 23.7 Å². The van der Waals surface area contributed by atoms with E-state index in [1.54, 1.807) is 0 Å². The third-order valence-electron chi connectivity index (χ3n) is 19.3. The number of hydrogen-bond donors (Lipinski definition) is 3. The van der Waals surface area contributed by atoms with Crippen molar-refractivity contribution in [2.45, 2.75) is 427 Å². The number of unbranched alkanes of at least 4 members (excludes halogenated alkanes) is 41. The minimum absolute atomic E-state index is 0.105. The Labute approximate surface area is 607 Å². The van der Waals surface area contributed by atoms with E-state index >= 15 is 0 Å². The number of rotatable bonds is 77. The van der Waals surface area contributed by atoms with Crippen LogP contribution in [-0.4, -0.2) is 96.7 Å². The lowest BCUT2D eigenvalue weighted by Gasteiger charge is -2.21. The predicted molar refractivity (Wildman–Crippen MR) is 404 cm³/mol. The first kappa shape index (κ1) is 97.1. The van der Waals surface area contributed by atoms with E-state index in [2.05, 4.69) is 55.4 Å². The molecule has 17 nitrogen and oxygen atoms in total. The van der Waals surface area contributed by atoms with Gasteiger partial charge >= 0.3 is 39.5 Å². The molecule has 0 aliphatic rings. The van der Waals surface area contributed by atoms with E-state index in [0.717, 1.165) is 114 Å². The summed E-state index contributed by atoms with van der Waals surface area (Å²) in [4.78, 5) is 72.9. The van der Waals surface area contributed by atoms with Crippen LogP contribution in [0.2, 0.25) is 0 Å². The van der Waals surface area contributed by atoms with E-state index in [1.165, 1.54) is 205 Å². The molecule has 0 aromatic rings. The summed E-state index contributed by atoms with van der Waals surface area (Å²) in [6.45, 7) is 14.3. The van der Waals surface area contributed by atoms with Gasteiger partial charge in [0.1, 0.15) is 19.3 Å². The van der Waals surface area contributed by atoms with Crippen molar-refractivity contribution in [2.75, 3.05) is 39.6 Å². The predicted octanol–water partition coefficient (Wildman–Crippen LogP) is 23.6. The molecule has 0 saturated heterocycles. The molecule has 0 fully saturated rings. The molecule has 0 radical (unpaired) electrons. The van der Waals surface area contributed by atoms with Gasteiger partial charge in [-0.15, -0.1) is 0 Å². The highest BCUT2D eigenvalue weighted by molar-refractivity contribution is 7.47. The second-order valence-electron chi connectivity index (χ2n) is 30.2. The van der Waals surface area contributed by atoms with Crippen molar-refractivity contribution >= 4 is 39.5 Å². The quantitative estimate of drug-likeness (QED) is 0.0222. The molecule has 0 aromatic heterocycles. The van der Waals surface area contributed by atoms with E-state index < -0.39 is 97.5 Å². The zero-order valence-electron chi connectivity index (χ0n) is 65.1.